The lowest BCUT2D eigenvalue weighted by molar-refractivity contribution is 0.0960. The molecule has 1 saturated heterocycles. The van der Waals surface area contributed by atoms with Crippen molar-refractivity contribution in [3.05, 3.63) is 52.4 Å². The molecular formula is C22H24N6O3S. The molecule has 0 aromatic carbocycles. The molecule has 0 saturated carbocycles. The van der Waals surface area contributed by atoms with Crippen molar-refractivity contribution in [2.75, 3.05) is 19.8 Å². The van der Waals surface area contributed by atoms with E-state index in [1.54, 1.807) is 10.9 Å². The van der Waals surface area contributed by atoms with Crippen molar-refractivity contribution in [2.45, 2.75) is 25.9 Å². The second-order valence-electron chi connectivity index (χ2n) is 7.70. The lowest BCUT2D eigenvalue weighted by atomic mass is 10.2. The predicted octanol–water partition coefficient (Wildman–Crippen LogP) is 2.72. The maximum absolute atomic E-state index is 12.1. The SMILES string of the molecule is CCNC(=O)c1cc(Cc2nc(O[C@H]3CCOC3)c3c(ccn3-c3cnn(C)c3)n2)cs1. The van der Waals surface area contributed by atoms with Gasteiger partial charge in [-0.3, -0.25) is 9.48 Å². The molecule has 1 atom stereocenters. The second kappa shape index (κ2) is 8.71. The molecule has 0 spiro atoms. The monoisotopic (exact) mass is 452 g/mol. The van der Waals surface area contributed by atoms with E-state index in [0.29, 0.717) is 42.8 Å². The standard InChI is InChI=1S/C22H24N6O3S/c1-3-23-21(29)18-8-14(13-32-18)9-19-25-17-4-6-28(15-10-24-27(2)11-15)20(17)22(26-19)31-16-5-7-30-12-16/h4,6,8,10-11,13,16H,3,5,7,9,12H2,1-2H3,(H,23,29)/t16-/m0/s1. The number of hydrogen-bond donors (Lipinski definition) is 1. The Balaban J connectivity index is 1.51. The number of ether oxygens (including phenoxy) is 2. The van der Waals surface area contributed by atoms with E-state index in [0.717, 1.165) is 28.7 Å². The van der Waals surface area contributed by atoms with E-state index >= 15 is 0 Å². The smallest absolute Gasteiger partial charge is 0.261 e. The summed E-state index contributed by atoms with van der Waals surface area (Å²) in [4.78, 5) is 22.3. The molecule has 0 radical (unpaired) electrons. The van der Waals surface area contributed by atoms with Crippen molar-refractivity contribution in [2.24, 2.45) is 7.05 Å². The van der Waals surface area contributed by atoms with Crippen LogP contribution < -0.4 is 10.1 Å². The Morgan fingerprint density at radius 2 is 2.31 bits per heavy atom. The average molecular weight is 453 g/mol. The van der Waals surface area contributed by atoms with Gasteiger partial charge in [-0.15, -0.1) is 11.3 Å². The maximum Gasteiger partial charge on any atom is 0.261 e. The number of nitrogens with one attached hydrogen (secondary N) is 1. The third-order valence-corrected chi connectivity index (χ3v) is 6.24. The van der Waals surface area contributed by atoms with Crippen LogP contribution in [0.4, 0.5) is 0 Å². The van der Waals surface area contributed by atoms with E-state index in [1.165, 1.54) is 11.3 Å². The Kier molecular flexibility index (Phi) is 5.62. The minimum Gasteiger partial charge on any atom is -0.470 e. The molecule has 0 unspecified atom stereocenters. The molecule has 4 aromatic heterocycles. The summed E-state index contributed by atoms with van der Waals surface area (Å²) in [5.74, 6) is 1.13. The van der Waals surface area contributed by atoms with Gasteiger partial charge < -0.3 is 19.4 Å². The van der Waals surface area contributed by atoms with Crippen molar-refractivity contribution in [3.63, 3.8) is 0 Å². The molecule has 32 heavy (non-hydrogen) atoms. The van der Waals surface area contributed by atoms with Crippen LogP contribution in [0, 0.1) is 0 Å². The Morgan fingerprint density at radius 3 is 3.06 bits per heavy atom. The van der Waals surface area contributed by atoms with E-state index in [4.69, 9.17) is 19.4 Å². The fraction of sp³-hybridized carbons (Fsp3) is 0.364. The van der Waals surface area contributed by atoms with E-state index in [-0.39, 0.29) is 12.0 Å². The molecule has 5 heterocycles. The number of fused-ring (bicyclic) bond motifs is 1. The van der Waals surface area contributed by atoms with Gasteiger partial charge in [0.15, 0.2) is 0 Å². The first-order valence-corrected chi connectivity index (χ1v) is 11.5. The molecule has 5 rings (SSSR count). The number of rotatable bonds is 7. The number of thiophene rings is 1. The predicted molar refractivity (Wildman–Crippen MR) is 121 cm³/mol. The zero-order valence-corrected chi connectivity index (χ0v) is 18.8. The van der Waals surface area contributed by atoms with Crippen LogP contribution in [0.5, 0.6) is 5.88 Å². The van der Waals surface area contributed by atoms with Crippen LogP contribution in [0.1, 0.15) is 34.4 Å². The second-order valence-corrected chi connectivity index (χ2v) is 8.61. The van der Waals surface area contributed by atoms with Crippen LogP contribution in [0.3, 0.4) is 0 Å². The first-order chi connectivity index (χ1) is 15.6. The van der Waals surface area contributed by atoms with Crippen LogP contribution in [0.15, 0.2) is 36.1 Å². The van der Waals surface area contributed by atoms with Crippen molar-refractivity contribution in [1.29, 1.82) is 0 Å². The molecule has 166 valence electrons. The molecule has 1 N–H and O–H groups in total. The van der Waals surface area contributed by atoms with Gasteiger partial charge >= 0.3 is 0 Å². The fourth-order valence-corrected chi connectivity index (χ4v) is 4.58. The van der Waals surface area contributed by atoms with Crippen LogP contribution in [-0.4, -0.2) is 56.1 Å². The molecule has 1 aliphatic heterocycles. The molecule has 0 aliphatic carbocycles. The van der Waals surface area contributed by atoms with Crippen LogP contribution in [0.25, 0.3) is 16.7 Å². The van der Waals surface area contributed by atoms with E-state index < -0.39 is 0 Å². The first-order valence-electron chi connectivity index (χ1n) is 10.6. The maximum atomic E-state index is 12.1. The van der Waals surface area contributed by atoms with Crippen LogP contribution >= 0.6 is 11.3 Å². The highest BCUT2D eigenvalue weighted by Crippen LogP contribution is 2.29. The molecule has 1 amide bonds. The highest BCUT2D eigenvalue weighted by atomic mass is 32.1. The third kappa shape index (κ3) is 4.11. The van der Waals surface area contributed by atoms with Crippen molar-refractivity contribution in [1.82, 2.24) is 29.6 Å². The van der Waals surface area contributed by atoms with Crippen molar-refractivity contribution < 1.29 is 14.3 Å². The lowest BCUT2D eigenvalue weighted by Gasteiger charge is -2.14. The van der Waals surface area contributed by atoms with Gasteiger partial charge in [0.2, 0.25) is 5.88 Å². The summed E-state index contributed by atoms with van der Waals surface area (Å²) in [6.45, 7) is 3.75. The van der Waals surface area contributed by atoms with Gasteiger partial charge in [-0.05, 0) is 30.0 Å². The molecule has 9 nitrogen and oxygen atoms in total. The molecule has 0 bridgehead atoms. The molecule has 1 fully saturated rings. The summed E-state index contributed by atoms with van der Waals surface area (Å²) in [6, 6.07) is 3.86. The zero-order valence-electron chi connectivity index (χ0n) is 17.9. The number of aromatic nitrogens is 5. The van der Waals surface area contributed by atoms with Gasteiger partial charge in [-0.1, -0.05) is 0 Å². The van der Waals surface area contributed by atoms with Crippen LogP contribution in [0.2, 0.25) is 0 Å². The summed E-state index contributed by atoms with van der Waals surface area (Å²) < 4.78 is 15.5. The lowest BCUT2D eigenvalue weighted by Crippen LogP contribution is -2.21. The summed E-state index contributed by atoms with van der Waals surface area (Å²) in [5.41, 5.74) is 3.52. The van der Waals surface area contributed by atoms with Gasteiger partial charge in [0, 0.05) is 38.8 Å². The van der Waals surface area contributed by atoms with Crippen molar-refractivity contribution in [3.8, 4) is 11.6 Å². The number of amides is 1. The number of carbonyl (C=O) groups excluding carboxylic acids is 1. The topological polar surface area (TPSA) is 96.1 Å². The number of hydrogen-bond acceptors (Lipinski definition) is 7. The highest BCUT2D eigenvalue weighted by molar-refractivity contribution is 7.12. The zero-order chi connectivity index (χ0) is 22.1. The Morgan fingerprint density at radius 1 is 1.41 bits per heavy atom. The Labute approximate surface area is 189 Å². The molecule has 1 aliphatic rings. The summed E-state index contributed by atoms with van der Waals surface area (Å²) in [7, 11) is 1.88. The number of nitrogens with zero attached hydrogens (tertiary/aromatic N) is 5. The van der Waals surface area contributed by atoms with Gasteiger partial charge in [0.25, 0.3) is 5.91 Å². The summed E-state index contributed by atoms with van der Waals surface area (Å²) in [5, 5.41) is 9.09. The Bertz CT molecular complexity index is 1250. The van der Waals surface area contributed by atoms with E-state index in [2.05, 4.69) is 10.4 Å². The van der Waals surface area contributed by atoms with Gasteiger partial charge in [0.05, 0.1) is 35.5 Å². The highest BCUT2D eigenvalue weighted by Gasteiger charge is 2.22. The Hall–Kier alpha value is -3.24. The third-order valence-electron chi connectivity index (χ3n) is 5.26. The van der Waals surface area contributed by atoms with E-state index in [1.807, 2.05) is 48.4 Å². The first kappa shape index (κ1) is 20.7. The number of carbonyl (C=O) groups is 1. The van der Waals surface area contributed by atoms with Gasteiger partial charge in [0.1, 0.15) is 17.4 Å². The molecule has 4 aromatic rings. The quantitative estimate of drug-likeness (QED) is 0.463. The summed E-state index contributed by atoms with van der Waals surface area (Å²) in [6.07, 6.45) is 6.99. The average Bonchev–Trinajstić information content (AvgIpc) is 3.55. The normalized spacial score (nSPS) is 16.0. The van der Waals surface area contributed by atoms with Crippen molar-refractivity contribution >= 4 is 28.3 Å². The number of aryl methyl sites for hydroxylation is 1. The fourth-order valence-electron chi connectivity index (χ4n) is 3.75. The van der Waals surface area contributed by atoms with Gasteiger partial charge in [-0.25, -0.2) is 4.98 Å². The molecule has 10 heteroatoms. The van der Waals surface area contributed by atoms with Gasteiger partial charge in [-0.2, -0.15) is 10.1 Å². The summed E-state index contributed by atoms with van der Waals surface area (Å²) >= 11 is 1.43. The largest absolute Gasteiger partial charge is 0.470 e. The van der Waals surface area contributed by atoms with E-state index in [9.17, 15) is 4.79 Å². The minimum atomic E-state index is -0.0566. The van der Waals surface area contributed by atoms with Crippen LogP contribution in [-0.2, 0) is 18.2 Å². The molecular weight excluding hydrogens is 428 g/mol. The minimum absolute atomic E-state index is 0.0383.